The maximum Gasteiger partial charge on any atom is 0.433 e. The van der Waals surface area contributed by atoms with Crippen LogP contribution in [0, 0.1) is 5.82 Å². The second-order valence-corrected chi connectivity index (χ2v) is 8.83. The predicted octanol–water partition coefficient (Wildman–Crippen LogP) is 3.90. The Morgan fingerprint density at radius 2 is 1.60 bits per heavy atom. The average Bonchev–Trinajstić information content (AvgIpc) is 2.72. The highest BCUT2D eigenvalue weighted by molar-refractivity contribution is 7.89. The van der Waals surface area contributed by atoms with Gasteiger partial charge in [0, 0.05) is 37.3 Å². The minimum Gasteiger partial charge on any atom is -0.368 e. The van der Waals surface area contributed by atoms with Gasteiger partial charge < -0.3 is 4.90 Å². The van der Waals surface area contributed by atoms with Crippen molar-refractivity contribution in [3.63, 3.8) is 0 Å². The maximum absolute atomic E-state index is 13.4. The van der Waals surface area contributed by atoms with Gasteiger partial charge in [0.15, 0.2) is 0 Å². The molecule has 0 bridgehead atoms. The Morgan fingerprint density at radius 1 is 0.900 bits per heavy atom. The van der Waals surface area contributed by atoms with Gasteiger partial charge in [0.1, 0.15) is 11.5 Å². The molecule has 0 N–H and O–H groups in total. The van der Waals surface area contributed by atoms with Gasteiger partial charge in [-0.2, -0.15) is 17.5 Å². The molecule has 5 nitrogen and oxygen atoms in total. The van der Waals surface area contributed by atoms with Crippen molar-refractivity contribution in [3.05, 3.63) is 66.1 Å². The highest BCUT2D eigenvalue weighted by Crippen LogP contribution is 2.35. The Hall–Kier alpha value is -2.72. The number of hydrogen-bond acceptors (Lipinski definition) is 4. The van der Waals surface area contributed by atoms with Crippen LogP contribution in [0.1, 0.15) is 5.69 Å². The number of sulfonamides is 1. The topological polar surface area (TPSA) is 53.5 Å². The molecule has 0 unspecified atom stereocenters. The van der Waals surface area contributed by atoms with Crippen molar-refractivity contribution in [1.82, 2.24) is 9.29 Å². The number of nitrogens with zero attached hydrogens (tertiary/aromatic N) is 3. The molecule has 1 aliphatic rings. The predicted molar refractivity (Wildman–Crippen MR) is 104 cm³/mol. The molecule has 2 aromatic carbocycles. The van der Waals surface area contributed by atoms with E-state index >= 15 is 0 Å². The zero-order valence-electron chi connectivity index (χ0n) is 15.6. The first-order valence-corrected chi connectivity index (χ1v) is 10.6. The molecule has 1 fully saturated rings. The quantitative estimate of drug-likeness (QED) is 0.581. The zero-order chi connectivity index (χ0) is 21.5. The minimum atomic E-state index is -4.60. The molecule has 2 heterocycles. The van der Waals surface area contributed by atoms with Crippen LogP contribution in [-0.4, -0.2) is 43.9 Å². The molecule has 0 aliphatic carbocycles. The van der Waals surface area contributed by atoms with E-state index in [4.69, 9.17) is 0 Å². The number of aromatic nitrogens is 1. The van der Waals surface area contributed by atoms with Crippen LogP contribution in [-0.2, 0) is 16.2 Å². The molecule has 3 aromatic rings. The fourth-order valence-electron chi connectivity index (χ4n) is 3.51. The number of para-hydroxylation sites is 1. The average molecular weight is 439 g/mol. The molecule has 0 atom stereocenters. The lowest BCUT2D eigenvalue weighted by molar-refractivity contribution is -0.140. The number of rotatable bonds is 3. The van der Waals surface area contributed by atoms with Crippen LogP contribution in [0.2, 0.25) is 0 Å². The molecule has 10 heteroatoms. The number of alkyl halides is 3. The summed E-state index contributed by atoms with van der Waals surface area (Å²) in [5.41, 5.74) is -0.418. The molecule has 1 saturated heterocycles. The van der Waals surface area contributed by atoms with Crippen molar-refractivity contribution in [3.8, 4) is 0 Å². The Bertz CT molecular complexity index is 1190. The van der Waals surface area contributed by atoms with E-state index in [1.54, 1.807) is 23.1 Å². The largest absolute Gasteiger partial charge is 0.433 e. The van der Waals surface area contributed by atoms with E-state index in [9.17, 15) is 26.0 Å². The summed E-state index contributed by atoms with van der Waals surface area (Å²) in [4.78, 5) is 5.28. The second kappa shape index (κ2) is 7.51. The number of anilines is 1. The smallest absolute Gasteiger partial charge is 0.368 e. The third-order valence-electron chi connectivity index (χ3n) is 5.00. The summed E-state index contributed by atoms with van der Waals surface area (Å²) in [6.45, 7) is 0.521. The zero-order valence-corrected chi connectivity index (χ0v) is 16.4. The Morgan fingerprint density at radius 3 is 2.27 bits per heavy atom. The van der Waals surface area contributed by atoms with E-state index in [0.717, 1.165) is 18.2 Å². The summed E-state index contributed by atoms with van der Waals surface area (Å²) >= 11 is 0. The number of benzene rings is 2. The SMILES string of the molecule is O=S(=O)(c1cccc(F)c1)N1CCN(c2cc(C(F)(F)F)nc3ccccc23)CC1. The standard InChI is InChI=1S/C20H17F4N3O2S/c21-14-4-3-5-15(12-14)30(28,29)27-10-8-26(9-11-27)18-13-19(20(22,23)24)25-17-7-2-1-6-16(17)18/h1-7,12-13H,8-11H2. The third-order valence-corrected chi connectivity index (χ3v) is 6.89. The fraction of sp³-hybridized carbons (Fsp3) is 0.250. The van der Waals surface area contributed by atoms with E-state index in [2.05, 4.69) is 4.98 Å². The molecule has 0 radical (unpaired) electrons. The van der Waals surface area contributed by atoms with Gasteiger partial charge in [-0.1, -0.05) is 24.3 Å². The molecule has 1 aliphatic heterocycles. The van der Waals surface area contributed by atoms with Gasteiger partial charge in [-0.15, -0.1) is 0 Å². The molecular formula is C20H17F4N3O2S. The van der Waals surface area contributed by atoms with E-state index in [-0.39, 0.29) is 36.6 Å². The molecule has 0 spiro atoms. The number of piperazine rings is 1. The lowest BCUT2D eigenvalue weighted by Gasteiger charge is -2.36. The van der Waals surface area contributed by atoms with Crippen molar-refractivity contribution in [2.75, 3.05) is 31.1 Å². The first-order valence-electron chi connectivity index (χ1n) is 9.14. The Labute approximate surface area is 170 Å². The first kappa shape index (κ1) is 20.5. The fourth-order valence-corrected chi connectivity index (χ4v) is 4.96. The first-order chi connectivity index (χ1) is 14.2. The van der Waals surface area contributed by atoms with Gasteiger partial charge in [0.05, 0.1) is 10.4 Å². The normalized spacial score (nSPS) is 16.2. The third kappa shape index (κ3) is 3.84. The molecule has 1 aromatic heterocycles. The van der Waals surface area contributed by atoms with Crippen LogP contribution in [0.15, 0.2) is 59.5 Å². The minimum absolute atomic E-state index is 0.0663. The van der Waals surface area contributed by atoms with Gasteiger partial charge in [0.25, 0.3) is 0 Å². The van der Waals surface area contributed by atoms with Crippen molar-refractivity contribution < 1.29 is 26.0 Å². The maximum atomic E-state index is 13.4. The van der Waals surface area contributed by atoms with Crippen molar-refractivity contribution >= 4 is 26.6 Å². The summed E-state index contributed by atoms with van der Waals surface area (Å²) < 4.78 is 80.1. The molecule has 4 rings (SSSR count). The van der Waals surface area contributed by atoms with E-state index in [0.29, 0.717) is 11.1 Å². The van der Waals surface area contributed by atoms with Gasteiger partial charge in [-0.3, -0.25) is 0 Å². The van der Waals surface area contributed by atoms with Crippen LogP contribution in [0.25, 0.3) is 10.9 Å². The lowest BCUT2D eigenvalue weighted by atomic mass is 10.1. The van der Waals surface area contributed by atoms with Crippen molar-refractivity contribution in [2.24, 2.45) is 0 Å². The van der Waals surface area contributed by atoms with Gasteiger partial charge in [-0.05, 0) is 30.3 Å². The van der Waals surface area contributed by atoms with Crippen LogP contribution >= 0.6 is 0 Å². The summed E-state index contributed by atoms with van der Waals surface area (Å²) in [6.07, 6.45) is -4.60. The number of pyridine rings is 1. The monoisotopic (exact) mass is 439 g/mol. The van der Waals surface area contributed by atoms with Gasteiger partial charge in [0.2, 0.25) is 10.0 Å². The van der Waals surface area contributed by atoms with Crippen LogP contribution in [0.4, 0.5) is 23.2 Å². The summed E-state index contributed by atoms with van der Waals surface area (Å²) in [5.74, 6) is -0.655. The highest BCUT2D eigenvalue weighted by Gasteiger charge is 2.35. The molecule has 30 heavy (non-hydrogen) atoms. The Balaban J connectivity index is 1.62. The van der Waals surface area contributed by atoms with E-state index in [1.165, 1.54) is 22.5 Å². The summed E-state index contributed by atoms with van der Waals surface area (Å²) in [6, 6.07) is 12.3. The van der Waals surface area contributed by atoms with Gasteiger partial charge >= 0.3 is 6.18 Å². The lowest BCUT2D eigenvalue weighted by Crippen LogP contribution is -2.48. The molecule has 0 saturated carbocycles. The number of fused-ring (bicyclic) bond motifs is 1. The molecule has 0 amide bonds. The van der Waals surface area contributed by atoms with Crippen LogP contribution < -0.4 is 4.90 Å². The summed E-state index contributed by atoms with van der Waals surface area (Å²) in [7, 11) is -3.89. The van der Waals surface area contributed by atoms with Crippen molar-refractivity contribution in [1.29, 1.82) is 0 Å². The highest BCUT2D eigenvalue weighted by atomic mass is 32.2. The second-order valence-electron chi connectivity index (χ2n) is 6.89. The van der Waals surface area contributed by atoms with E-state index < -0.39 is 27.7 Å². The van der Waals surface area contributed by atoms with Crippen molar-refractivity contribution in [2.45, 2.75) is 11.1 Å². The number of halogens is 4. The number of hydrogen-bond donors (Lipinski definition) is 0. The van der Waals surface area contributed by atoms with Crippen LogP contribution in [0.5, 0.6) is 0 Å². The molecule has 158 valence electrons. The Kier molecular flexibility index (Phi) is 5.15. The summed E-state index contributed by atoms with van der Waals surface area (Å²) in [5, 5.41) is 0.562. The van der Waals surface area contributed by atoms with Gasteiger partial charge in [-0.25, -0.2) is 17.8 Å². The van der Waals surface area contributed by atoms with E-state index in [1.807, 2.05) is 0 Å². The van der Waals surface area contributed by atoms with Crippen LogP contribution in [0.3, 0.4) is 0 Å². The molecular weight excluding hydrogens is 422 g/mol.